The number of hydrogen-bond donors (Lipinski definition) is 6. The van der Waals surface area contributed by atoms with Gasteiger partial charge < -0.3 is 35.5 Å². The zero-order valence-electron chi connectivity index (χ0n) is 23.0. The SMILES string of the molecule is CO[C@H]1C[C@H](c2cnc3c(N)ncnn23)O[C@@H]1COP(O)(=S)O[C@@H]1[C@H](O)[C@@H](CO[P+](=O)S)S[C@H]1n1nnc2c(=O)[nH]c(N)nc21. The molecule has 2 saturated heterocycles. The lowest BCUT2D eigenvalue weighted by molar-refractivity contribution is -0.0390. The third-order valence-electron chi connectivity index (χ3n) is 7.10. The molecular formula is C20H26N11O9P2S3+. The van der Waals surface area contributed by atoms with Crippen LogP contribution in [0.1, 0.15) is 23.6 Å². The van der Waals surface area contributed by atoms with Gasteiger partial charge in [0, 0.05) is 13.5 Å². The predicted octanol–water partition coefficient (Wildman–Crippen LogP) is -0.141. The fourth-order valence-electron chi connectivity index (χ4n) is 5.06. The van der Waals surface area contributed by atoms with E-state index in [0.717, 1.165) is 11.8 Å². The highest BCUT2D eigenvalue weighted by molar-refractivity contribution is 8.39. The molecule has 4 aromatic rings. The second kappa shape index (κ2) is 13.0. The van der Waals surface area contributed by atoms with E-state index < -0.39 is 60.7 Å². The van der Waals surface area contributed by atoms with Crippen LogP contribution in [0.2, 0.25) is 0 Å². The van der Waals surface area contributed by atoms with Crippen molar-refractivity contribution in [1.29, 1.82) is 0 Å². The molecule has 45 heavy (non-hydrogen) atoms. The van der Waals surface area contributed by atoms with Gasteiger partial charge in [0.1, 0.15) is 48.9 Å². The van der Waals surface area contributed by atoms with E-state index in [1.54, 1.807) is 6.20 Å². The van der Waals surface area contributed by atoms with Crippen molar-refractivity contribution in [3.05, 3.63) is 28.6 Å². The topological polar surface area (TPSA) is 275 Å². The molecule has 0 saturated carbocycles. The van der Waals surface area contributed by atoms with E-state index in [4.69, 9.17) is 46.3 Å². The summed E-state index contributed by atoms with van der Waals surface area (Å²) in [5.74, 6) is 0.0151. The minimum atomic E-state index is -4.10. The number of thiol groups is 1. The Balaban J connectivity index is 1.20. The van der Waals surface area contributed by atoms with Crippen molar-refractivity contribution in [2.24, 2.45) is 0 Å². The number of imidazole rings is 1. The number of nitrogens with two attached hydrogens (primary N) is 2. The van der Waals surface area contributed by atoms with Crippen molar-refractivity contribution in [2.75, 3.05) is 31.8 Å². The summed E-state index contributed by atoms with van der Waals surface area (Å²) in [5.41, 5.74) is 11.9. The number of aromatic nitrogens is 9. The normalized spacial score (nSPS) is 28.6. The Morgan fingerprint density at radius 2 is 2.13 bits per heavy atom. The summed E-state index contributed by atoms with van der Waals surface area (Å²) in [7, 11) is -0.772. The maximum Gasteiger partial charge on any atom is 0.582 e. The van der Waals surface area contributed by atoms with Crippen LogP contribution >= 0.6 is 38.0 Å². The van der Waals surface area contributed by atoms with Crippen LogP contribution in [0.25, 0.3) is 16.8 Å². The molecular weight excluding hydrogens is 696 g/mol. The molecule has 2 aliphatic heterocycles. The number of methoxy groups -OCH3 is 1. The van der Waals surface area contributed by atoms with Crippen LogP contribution in [0, 0.1) is 0 Å². The van der Waals surface area contributed by atoms with Crippen molar-refractivity contribution in [2.45, 2.75) is 47.6 Å². The molecule has 242 valence electrons. The Kier molecular flexibility index (Phi) is 9.41. The van der Waals surface area contributed by atoms with E-state index in [0.29, 0.717) is 17.8 Å². The molecule has 2 aliphatic rings. The van der Waals surface area contributed by atoms with Crippen LogP contribution in [0.15, 0.2) is 17.3 Å². The van der Waals surface area contributed by atoms with E-state index in [9.17, 15) is 19.4 Å². The fraction of sp³-hybridized carbons (Fsp3) is 0.550. The molecule has 7 N–H and O–H groups in total. The van der Waals surface area contributed by atoms with Crippen molar-refractivity contribution in [1.82, 2.24) is 44.5 Å². The number of nitrogens with one attached hydrogen (secondary N) is 1. The van der Waals surface area contributed by atoms with Crippen LogP contribution in [-0.2, 0) is 39.4 Å². The van der Waals surface area contributed by atoms with Crippen molar-refractivity contribution >= 4 is 78.3 Å². The zero-order valence-corrected chi connectivity index (χ0v) is 27.3. The van der Waals surface area contributed by atoms with Crippen molar-refractivity contribution in [3.8, 4) is 0 Å². The predicted molar refractivity (Wildman–Crippen MR) is 165 cm³/mol. The lowest BCUT2D eigenvalue weighted by atomic mass is 10.1. The number of thioether (sulfide) groups is 1. The molecule has 2 fully saturated rings. The first-order valence-electron chi connectivity index (χ1n) is 13.0. The average molecular weight is 723 g/mol. The van der Waals surface area contributed by atoms with Gasteiger partial charge in [0.05, 0.1) is 36.0 Å². The lowest BCUT2D eigenvalue weighted by Gasteiger charge is -2.27. The molecule has 0 aromatic carbocycles. The highest BCUT2D eigenvalue weighted by atomic mass is 32.7. The molecule has 20 nitrogen and oxygen atoms in total. The number of nitrogen functional groups attached to an aromatic ring is 2. The fourth-order valence-corrected chi connectivity index (χ4v) is 8.60. The Morgan fingerprint density at radius 3 is 2.89 bits per heavy atom. The van der Waals surface area contributed by atoms with Gasteiger partial charge in [0.2, 0.25) is 5.95 Å². The van der Waals surface area contributed by atoms with Gasteiger partial charge >= 0.3 is 13.9 Å². The van der Waals surface area contributed by atoms with Gasteiger partial charge in [-0.2, -0.15) is 10.1 Å². The summed E-state index contributed by atoms with van der Waals surface area (Å²) in [6, 6.07) is 0. The number of H-pyrrole nitrogens is 1. The monoisotopic (exact) mass is 722 g/mol. The molecule has 0 amide bonds. The summed E-state index contributed by atoms with van der Waals surface area (Å²) in [6.45, 7) is -4.53. The number of ether oxygens (including phenoxy) is 2. The van der Waals surface area contributed by atoms with Crippen molar-refractivity contribution < 1.29 is 37.6 Å². The number of aromatic amines is 1. The second-order valence-corrected chi connectivity index (χ2v) is 15.7. The summed E-state index contributed by atoms with van der Waals surface area (Å²) in [5, 5.41) is 21.6. The molecule has 2 unspecified atom stereocenters. The summed E-state index contributed by atoms with van der Waals surface area (Å²) in [4.78, 5) is 38.1. The van der Waals surface area contributed by atoms with Crippen LogP contribution < -0.4 is 17.0 Å². The standard InChI is InChI=1S/C20H25N11O9P2S3/c1-36-9-2-8(7-3-23-17-15(21)24-6-25-30(7)17)39-10(9)4-38-42(35,44)40-14-13(32)11(5-37-41(34)43)45-19(14)31-16-12(28-29-31)18(33)27-20(22)26-16/h3,6,8-11,13-14,19,32H,2,4-5H2,1H3,(H6-,21,22,24,25,26,27,29,33,34,35,43,44)/p+1/t8-,9+,10-,11-,13-,14-,19-,42?/m1/s1. The number of aliphatic hydroxyl groups excluding tert-OH is 1. The first kappa shape index (κ1) is 32.5. The third kappa shape index (κ3) is 6.58. The van der Waals surface area contributed by atoms with E-state index in [2.05, 4.69) is 47.6 Å². The van der Waals surface area contributed by atoms with E-state index in [1.807, 2.05) is 0 Å². The summed E-state index contributed by atoms with van der Waals surface area (Å²) in [6.07, 6.45) is -0.991. The largest absolute Gasteiger partial charge is 0.582 e. The van der Waals surface area contributed by atoms with Gasteiger partial charge in [-0.3, -0.25) is 14.3 Å². The smallest absolute Gasteiger partial charge is 0.389 e. The molecule has 25 heteroatoms. The van der Waals surface area contributed by atoms with Crippen LogP contribution in [0.4, 0.5) is 11.8 Å². The van der Waals surface area contributed by atoms with Gasteiger partial charge in [-0.15, -0.1) is 21.4 Å². The maximum atomic E-state index is 12.3. The highest BCUT2D eigenvalue weighted by Crippen LogP contribution is 2.54. The lowest BCUT2D eigenvalue weighted by Crippen LogP contribution is -2.35. The Morgan fingerprint density at radius 1 is 1.33 bits per heavy atom. The van der Waals surface area contributed by atoms with Crippen LogP contribution in [0.5, 0.6) is 0 Å². The quantitative estimate of drug-likeness (QED) is 0.0868. The van der Waals surface area contributed by atoms with Crippen LogP contribution in [0.3, 0.4) is 0 Å². The molecule has 0 bridgehead atoms. The van der Waals surface area contributed by atoms with Gasteiger partial charge in [-0.25, -0.2) is 19.2 Å². The van der Waals surface area contributed by atoms with E-state index in [1.165, 1.54) is 22.6 Å². The molecule has 9 atom stereocenters. The molecule has 6 rings (SSSR count). The van der Waals surface area contributed by atoms with Crippen molar-refractivity contribution in [3.63, 3.8) is 0 Å². The zero-order chi connectivity index (χ0) is 32.0. The van der Waals surface area contributed by atoms with Gasteiger partial charge in [-0.1, -0.05) is 5.21 Å². The number of aliphatic hydroxyl groups is 1. The second-order valence-electron chi connectivity index (χ2n) is 9.82. The number of nitrogens with zero attached hydrogens (tertiary/aromatic N) is 8. The molecule has 6 heterocycles. The number of anilines is 2. The Labute approximate surface area is 267 Å². The van der Waals surface area contributed by atoms with Gasteiger partial charge in [0.25, 0.3) is 5.56 Å². The first-order valence-corrected chi connectivity index (χ1v) is 18.8. The maximum absolute atomic E-state index is 12.3. The summed E-state index contributed by atoms with van der Waals surface area (Å²) < 4.78 is 42.7. The minimum absolute atomic E-state index is 0.00342. The molecule has 0 radical (unpaired) electrons. The minimum Gasteiger partial charge on any atom is -0.389 e. The molecule has 0 spiro atoms. The molecule has 0 aliphatic carbocycles. The Bertz CT molecular complexity index is 1850. The van der Waals surface area contributed by atoms with Gasteiger partial charge in [0.15, 0.2) is 22.6 Å². The highest BCUT2D eigenvalue weighted by Gasteiger charge is 2.50. The van der Waals surface area contributed by atoms with E-state index in [-0.39, 0.29) is 36.1 Å². The Hall–Kier alpha value is -2.40. The number of fused-ring (bicyclic) bond motifs is 2. The van der Waals surface area contributed by atoms with E-state index >= 15 is 0 Å². The third-order valence-corrected chi connectivity index (χ3v) is 10.9. The first-order chi connectivity index (χ1) is 21.5. The average Bonchev–Trinajstić information content (AvgIpc) is 3.76. The molecule has 4 aromatic heterocycles. The van der Waals surface area contributed by atoms with Gasteiger partial charge in [-0.05, 0) is 16.4 Å². The number of rotatable bonds is 11. The number of hydrogen-bond acceptors (Lipinski definition) is 18. The summed E-state index contributed by atoms with van der Waals surface area (Å²) >= 11 is 10.2. The van der Waals surface area contributed by atoms with Crippen LogP contribution in [-0.4, -0.2) is 105 Å².